The molecule has 0 saturated heterocycles. The molecule has 1 aliphatic rings. The molecule has 0 heterocycles. The second kappa shape index (κ2) is 7.13. The Kier molecular flexibility index (Phi) is 6.13. The minimum Gasteiger partial charge on any atom is -0.353 e. The zero-order valence-corrected chi connectivity index (χ0v) is 12.5. The molecule has 2 N–H and O–H groups in total. The molecule has 0 aromatic rings. The fraction of sp³-hybridized carbons (Fsp3) is 0.933. The van der Waals surface area contributed by atoms with E-state index in [-0.39, 0.29) is 11.3 Å². The molecule has 3 nitrogen and oxygen atoms in total. The first-order valence-corrected chi connectivity index (χ1v) is 7.43. The Balaban J connectivity index is 2.18. The van der Waals surface area contributed by atoms with E-state index in [0.717, 1.165) is 25.8 Å². The fourth-order valence-corrected chi connectivity index (χ4v) is 2.52. The average molecular weight is 254 g/mol. The van der Waals surface area contributed by atoms with E-state index in [1.54, 1.807) is 0 Å². The second-order valence-electron chi connectivity index (χ2n) is 6.73. The van der Waals surface area contributed by atoms with Crippen molar-refractivity contribution in [2.45, 2.75) is 78.3 Å². The summed E-state index contributed by atoms with van der Waals surface area (Å²) in [4.78, 5) is 11.8. The van der Waals surface area contributed by atoms with Crippen molar-refractivity contribution in [2.75, 3.05) is 6.54 Å². The third kappa shape index (κ3) is 6.39. The molecule has 1 amide bonds. The SMILES string of the molecule is CCNC1CCC(NC(=O)CCC(C)(C)C)CC1. The highest BCUT2D eigenvalue weighted by molar-refractivity contribution is 5.76. The van der Waals surface area contributed by atoms with Gasteiger partial charge in [0.2, 0.25) is 5.91 Å². The Bertz CT molecular complexity index is 250. The zero-order chi connectivity index (χ0) is 13.6. The van der Waals surface area contributed by atoms with Crippen molar-refractivity contribution in [3.63, 3.8) is 0 Å². The van der Waals surface area contributed by atoms with Gasteiger partial charge in [0.15, 0.2) is 0 Å². The van der Waals surface area contributed by atoms with E-state index in [4.69, 9.17) is 0 Å². The van der Waals surface area contributed by atoms with Gasteiger partial charge in [-0.2, -0.15) is 0 Å². The molecule has 1 aliphatic carbocycles. The van der Waals surface area contributed by atoms with Gasteiger partial charge in [-0.15, -0.1) is 0 Å². The van der Waals surface area contributed by atoms with Gasteiger partial charge in [-0.3, -0.25) is 4.79 Å². The van der Waals surface area contributed by atoms with Gasteiger partial charge in [0, 0.05) is 18.5 Å². The van der Waals surface area contributed by atoms with E-state index in [0.29, 0.717) is 18.5 Å². The van der Waals surface area contributed by atoms with E-state index in [9.17, 15) is 4.79 Å². The van der Waals surface area contributed by atoms with Crippen molar-refractivity contribution in [1.82, 2.24) is 10.6 Å². The summed E-state index contributed by atoms with van der Waals surface area (Å²) in [5, 5.41) is 6.68. The highest BCUT2D eigenvalue weighted by Crippen LogP contribution is 2.21. The highest BCUT2D eigenvalue weighted by Gasteiger charge is 2.22. The number of carbonyl (C=O) groups is 1. The summed E-state index contributed by atoms with van der Waals surface area (Å²) < 4.78 is 0. The largest absolute Gasteiger partial charge is 0.353 e. The standard InChI is InChI=1S/C15H30N2O/c1-5-16-12-6-8-13(9-7-12)17-14(18)10-11-15(2,3)4/h12-13,16H,5-11H2,1-4H3,(H,17,18). The summed E-state index contributed by atoms with van der Waals surface area (Å²) in [6.07, 6.45) is 6.26. The summed E-state index contributed by atoms with van der Waals surface area (Å²) in [5.74, 6) is 0.233. The van der Waals surface area contributed by atoms with E-state index >= 15 is 0 Å². The minimum absolute atomic E-state index is 0.233. The van der Waals surface area contributed by atoms with Gasteiger partial charge >= 0.3 is 0 Å². The molecule has 0 aliphatic heterocycles. The molecule has 1 rings (SSSR count). The lowest BCUT2D eigenvalue weighted by Gasteiger charge is -2.29. The molecule has 0 atom stereocenters. The van der Waals surface area contributed by atoms with Crippen LogP contribution in [0, 0.1) is 5.41 Å². The van der Waals surface area contributed by atoms with Crippen LogP contribution in [0.3, 0.4) is 0 Å². The first-order valence-electron chi connectivity index (χ1n) is 7.43. The maximum absolute atomic E-state index is 11.8. The highest BCUT2D eigenvalue weighted by atomic mass is 16.1. The van der Waals surface area contributed by atoms with Gasteiger partial charge < -0.3 is 10.6 Å². The van der Waals surface area contributed by atoms with E-state index in [1.165, 1.54) is 12.8 Å². The van der Waals surface area contributed by atoms with Crippen LogP contribution in [0.15, 0.2) is 0 Å². The molecular formula is C15H30N2O. The molecule has 18 heavy (non-hydrogen) atoms. The summed E-state index contributed by atoms with van der Waals surface area (Å²) >= 11 is 0. The molecule has 1 fully saturated rings. The van der Waals surface area contributed by atoms with E-state index in [1.807, 2.05) is 0 Å². The fourth-order valence-electron chi connectivity index (χ4n) is 2.52. The Hall–Kier alpha value is -0.570. The van der Waals surface area contributed by atoms with E-state index < -0.39 is 0 Å². The van der Waals surface area contributed by atoms with Crippen molar-refractivity contribution in [3.8, 4) is 0 Å². The number of carbonyl (C=O) groups excluding carboxylic acids is 1. The summed E-state index contributed by atoms with van der Waals surface area (Å²) in [7, 11) is 0. The summed E-state index contributed by atoms with van der Waals surface area (Å²) in [6.45, 7) is 9.75. The lowest BCUT2D eigenvalue weighted by Crippen LogP contribution is -2.42. The number of rotatable bonds is 5. The average Bonchev–Trinajstić information content (AvgIpc) is 2.29. The Morgan fingerprint density at radius 2 is 1.67 bits per heavy atom. The van der Waals surface area contributed by atoms with Crippen molar-refractivity contribution in [3.05, 3.63) is 0 Å². The quantitative estimate of drug-likeness (QED) is 0.792. The lowest BCUT2D eigenvalue weighted by molar-refractivity contribution is -0.122. The molecule has 0 aromatic carbocycles. The van der Waals surface area contributed by atoms with Crippen molar-refractivity contribution in [1.29, 1.82) is 0 Å². The van der Waals surface area contributed by atoms with Gasteiger partial charge in [0.25, 0.3) is 0 Å². The molecule has 3 heteroatoms. The Morgan fingerprint density at radius 1 is 1.11 bits per heavy atom. The monoisotopic (exact) mass is 254 g/mol. The van der Waals surface area contributed by atoms with Gasteiger partial charge in [-0.25, -0.2) is 0 Å². The molecule has 106 valence electrons. The molecule has 0 bridgehead atoms. The van der Waals surface area contributed by atoms with Crippen LogP contribution in [-0.2, 0) is 4.79 Å². The van der Waals surface area contributed by atoms with Crippen LogP contribution in [0.2, 0.25) is 0 Å². The third-order valence-corrected chi connectivity index (χ3v) is 3.69. The third-order valence-electron chi connectivity index (χ3n) is 3.69. The van der Waals surface area contributed by atoms with Gasteiger partial charge in [-0.05, 0) is 44.1 Å². The van der Waals surface area contributed by atoms with Crippen LogP contribution >= 0.6 is 0 Å². The van der Waals surface area contributed by atoms with Crippen LogP contribution in [-0.4, -0.2) is 24.5 Å². The number of nitrogens with one attached hydrogen (secondary N) is 2. The molecular weight excluding hydrogens is 224 g/mol. The maximum Gasteiger partial charge on any atom is 0.220 e. The summed E-state index contributed by atoms with van der Waals surface area (Å²) in [6, 6.07) is 1.07. The van der Waals surface area contributed by atoms with Gasteiger partial charge in [0.1, 0.15) is 0 Å². The van der Waals surface area contributed by atoms with Crippen molar-refractivity contribution < 1.29 is 4.79 Å². The summed E-state index contributed by atoms with van der Waals surface area (Å²) in [5.41, 5.74) is 0.250. The first kappa shape index (κ1) is 15.5. The zero-order valence-electron chi connectivity index (χ0n) is 12.5. The topological polar surface area (TPSA) is 41.1 Å². The van der Waals surface area contributed by atoms with Crippen molar-refractivity contribution in [2.24, 2.45) is 5.41 Å². The van der Waals surface area contributed by atoms with Crippen LogP contribution in [0.25, 0.3) is 0 Å². The van der Waals surface area contributed by atoms with Crippen LogP contribution in [0.5, 0.6) is 0 Å². The molecule has 1 saturated carbocycles. The van der Waals surface area contributed by atoms with Crippen molar-refractivity contribution >= 4 is 5.91 Å². The van der Waals surface area contributed by atoms with Crippen LogP contribution < -0.4 is 10.6 Å². The minimum atomic E-state index is 0.233. The predicted octanol–water partition coefficient (Wildman–Crippen LogP) is 2.85. The number of amides is 1. The van der Waals surface area contributed by atoms with Gasteiger partial charge in [-0.1, -0.05) is 27.7 Å². The molecule has 0 radical (unpaired) electrons. The predicted molar refractivity (Wildman–Crippen MR) is 76.6 cm³/mol. The van der Waals surface area contributed by atoms with E-state index in [2.05, 4.69) is 38.3 Å². The Labute approximate surface area is 112 Å². The normalized spacial score (nSPS) is 24.9. The number of hydrogen-bond acceptors (Lipinski definition) is 2. The Morgan fingerprint density at radius 3 is 2.17 bits per heavy atom. The second-order valence-corrected chi connectivity index (χ2v) is 6.73. The molecule has 0 spiro atoms. The lowest BCUT2D eigenvalue weighted by atomic mass is 9.89. The van der Waals surface area contributed by atoms with Crippen LogP contribution in [0.1, 0.15) is 66.2 Å². The molecule has 0 unspecified atom stereocenters. The maximum atomic E-state index is 11.8. The molecule has 0 aromatic heterocycles. The van der Waals surface area contributed by atoms with Crippen LogP contribution in [0.4, 0.5) is 0 Å². The number of hydrogen-bond donors (Lipinski definition) is 2. The smallest absolute Gasteiger partial charge is 0.220 e. The van der Waals surface area contributed by atoms with Gasteiger partial charge in [0.05, 0.1) is 0 Å². The first-order chi connectivity index (χ1) is 8.40.